The van der Waals surface area contributed by atoms with Gasteiger partial charge in [-0.15, -0.1) is 11.6 Å². The first-order valence-corrected chi connectivity index (χ1v) is 9.88. The Bertz CT molecular complexity index is 593. The van der Waals surface area contributed by atoms with Gasteiger partial charge >= 0.3 is 0 Å². The van der Waals surface area contributed by atoms with Crippen LogP contribution in [0.5, 0.6) is 0 Å². The summed E-state index contributed by atoms with van der Waals surface area (Å²) >= 11 is 7.35. The van der Waals surface area contributed by atoms with Gasteiger partial charge in [0.05, 0.1) is 6.04 Å². The van der Waals surface area contributed by atoms with E-state index in [-0.39, 0.29) is 22.9 Å². The van der Waals surface area contributed by atoms with E-state index in [1.165, 1.54) is 11.2 Å². The van der Waals surface area contributed by atoms with Gasteiger partial charge in [-0.1, -0.05) is 36.8 Å². The van der Waals surface area contributed by atoms with E-state index in [1.54, 1.807) is 18.8 Å². The minimum atomic E-state index is -0.318. The number of nitrogens with one attached hydrogen (secondary N) is 1. The van der Waals surface area contributed by atoms with Gasteiger partial charge in [0.2, 0.25) is 0 Å². The van der Waals surface area contributed by atoms with Gasteiger partial charge in [-0.05, 0) is 27.3 Å². The summed E-state index contributed by atoms with van der Waals surface area (Å²) in [5.74, 6) is 0.150. The summed E-state index contributed by atoms with van der Waals surface area (Å²) in [5, 5.41) is 3.14. The molecule has 0 aliphatic carbocycles. The van der Waals surface area contributed by atoms with Crippen molar-refractivity contribution in [1.29, 1.82) is 0 Å². The highest BCUT2D eigenvalue weighted by Crippen LogP contribution is 2.21. The smallest absolute Gasteiger partial charge is 0.269 e. The quantitative estimate of drug-likeness (QED) is 0.111. The van der Waals surface area contributed by atoms with Crippen LogP contribution >= 0.6 is 23.4 Å². The summed E-state index contributed by atoms with van der Waals surface area (Å²) in [6.07, 6.45) is 14.5. The molecule has 0 aliphatic heterocycles. The summed E-state index contributed by atoms with van der Waals surface area (Å²) in [4.78, 5) is 19.9. The minimum Gasteiger partial charge on any atom is -0.345 e. The van der Waals surface area contributed by atoms with Crippen molar-refractivity contribution < 1.29 is 4.79 Å². The van der Waals surface area contributed by atoms with Gasteiger partial charge in [0.1, 0.15) is 12.0 Å². The number of terminal acetylenes is 1. The molecule has 7 heteroatoms. The predicted molar refractivity (Wildman–Crippen MR) is 116 cm³/mol. The topological polar surface area (TPSA) is 47.9 Å². The Morgan fingerprint density at radius 1 is 1.46 bits per heavy atom. The summed E-state index contributed by atoms with van der Waals surface area (Å²) in [6, 6.07) is 2.26. The van der Waals surface area contributed by atoms with Crippen molar-refractivity contribution in [1.82, 2.24) is 15.1 Å². The number of alkyl halides is 1. The van der Waals surface area contributed by atoms with Crippen molar-refractivity contribution in [3.8, 4) is 12.5 Å². The molecule has 0 heterocycles. The van der Waals surface area contributed by atoms with E-state index in [4.69, 9.17) is 18.0 Å². The molecular formula is C19H29ClN4OS. The number of carbonyl (C=O) groups is 1. The number of allylic oxidation sites excluding steroid dienone is 3. The van der Waals surface area contributed by atoms with Gasteiger partial charge in [-0.3, -0.25) is 9.69 Å². The van der Waals surface area contributed by atoms with E-state index in [0.717, 1.165) is 5.57 Å². The lowest BCUT2D eigenvalue weighted by molar-refractivity contribution is -0.118. The first kappa shape index (κ1) is 24.3. The Hall–Kier alpha value is -1.68. The molecule has 0 aliphatic rings. The van der Waals surface area contributed by atoms with Crippen LogP contribution in [0.2, 0.25) is 0 Å². The Morgan fingerprint density at radius 2 is 2.12 bits per heavy atom. The van der Waals surface area contributed by atoms with Crippen LogP contribution in [-0.2, 0) is 4.79 Å². The van der Waals surface area contributed by atoms with Crippen molar-refractivity contribution in [2.45, 2.75) is 18.2 Å². The highest BCUT2D eigenvalue weighted by molar-refractivity contribution is 7.99. The molecule has 0 saturated carbocycles. The molecule has 0 rings (SSSR count). The molecule has 144 valence electrons. The van der Waals surface area contributed by atoms with Crippen LogP contribution < -0.4 is 5.32 Å². The van der Waals surface area contributed by atoms with Gasteiger partial charge in [0, 0.05) is 30.8 Å². The zero-order chi connectivity index (χ0) is 20.1. The molecule has 0 aromatic rings. The van der Waals surface area contributed by atoms with Crippen molar-refractivity contribution in [2.75, 3.05) is 39.8 Å². The number of hydrogen-bond donors (Lipinski definition) is 1. The maximum atomic E-state index is 12.5. The molecular weight excluding hydrogens is 368 g/mol. The van der Waals surface area contributed by atoms with E-state index in [2.05, 4.69) is 22.9 Å². The van der Waals surface area contributed by atoms with Crippen molar-refractivity contribution in [2.24, 2.45) is 4.99 Å². The zero-order valence-corrected chi connectivity index (χ0v) is 17.8. The highest BCUT2D eigenvalue weighted by atomic mass is 35.5. The van der Waals surface area contributed by atoms with Crippen LogP contribution in [0.3, 0.4) is 0 Å². The number of hydrogen-bond acceptors (Lipinski definition) is 4. The Morgan fingerprint density at radius 3 is 2.62 bits per heavy atom. The second kappa shape index (κ2) is 13.5. The minimum absolute atomic E-state index is 0.103. The van der Waals surface area contributed by atoms with Crippen LogP contribution in [-0.4, -0.2) is 73.2 Å². The zero-order valence-electron chi connectivity index (χ0n) is 16.2. The Labute approximate surface area is 167 Å². The number of amides is 1. The average molecular weight is 397 g/mol. The van der Waals surface area contributed by atoms with Crippen LogP contribution in [0, 0.1) is 12.5 Å². The average Bonchev–Trinajstić information content (AvgIpc) is 2.59. The molecule has 0 aromatic carbocycles. The summed E-state index contributed by atoms with van der Waals surface area (Å²) < 4.78 is 0. The van der Waals surface area contributed by atoms with Gasteiger partial charge in [0.15, 0.2) is 0 Å². The molecule has 0 bridgehead atoms. The first-order chi connectivity index (χ1) is 12.3. The predicted octanol–water partition coefficient (Wildman–Crippen LogP) is 2.57. The second-order valence-corrected chi connectivity index (χ2v) is 7.21. The third-order valence-corrected chi connectivity index (χ3v) is 4.77. The van der Waals surface area contributed by atoms with E-state index in [1.807, 2.05) is 50.4 Å². The fourth-order valence-electron chi connectivity index (χ4n) is 2.14. The van der Waals surface area contributed by atoms with Crippen LogP contribution in [0.1, 0.15) is 6.92 Å². The fraction of sp³-hybridized carbons (Fsp3) is 0.474. The number of thioether (sulfide) groups is 1. The summed E-state index contributed by atoms with van der Waals surface area (Å²) in [6.45, 7) is 6.45. The number of nitrogens with zero attached hydrogens (tertiary/aromatic N) is 3. The van der Waals surface area contributed by atoms with E-state index < -0.39 is 0 Å². The van der Waals surface area contributed by atoms with Crippen molar-refractivity contribution in [3.05, 3.63) is 36.1 Å². The SMILES string of the molecule is C#CN(C)/C=N\C(=C)C(=O)N[C@H](CN(C)C)C(SC)/C(C)=C/C=C\CCl. The maximum Gasteiger partial charge on any atom is 0.269 e. The molecule has 5 nitrogen and oxygen atoms in total. The van der Waals surface area contributed by atoms with Gasteiger partial charge in [0.25, 0.3) is 5.91 Å². The number of carbonyl (C=O) groups excluding carboxylic acids is 1. The number of halogens is 1. The molecule has 0 aromatic heterocycles. The Balaban J connectivity index is 5.29. The monoisotopic (exact) mass is 396 g/mol. The van der Waals surface area contributed by atoms with Crippen molar-refractivity contribution in [3.63, 3.8) is 0 Å². The lowest BCUT2D eigenvalue weighted by atomic mass is 10.1. The van der Waals surface area contributed by atoms with Gasteiger partial charge < -0.3 is 10.2 Å². The first-order valence-electron chi connectivity index (χ1n) is 8.06. The lowest BCUT2D eigenvalue weighted by Gasteiger charge is -2.30. The molecule has 26 heavy (non-hydrogen) atoms. The summed E-state index contributed by atoms with van der Waals surface area (Å²) in [5.41, 5.74) is 1.26. The fourth-order valence-corrected chi connectivity index (χ4v) is 3.18. The Kier molecular flexibility index (Phi) is 12.6. The van der Waals surface area contributed by atoms with Crippen LogP contribution in [0.15, 0.2) is 41.1 Å². The van der Waals surface area contributed by atoms with Crippen LogP contribution in [0.25, 0.3) is 0 Å². The standard InChI is InChI=1S/C19H29ClN4OS/c1-8-24(6)14-21-16(3)19(25)22-17(13-23(4)5)18(26-7)15(2)11-9-10-12-20/h1,9-11,14,17-18H,3,12-13H2,2,4-7H3,(H,22,25)/b10-9-,15-11+,21-14-/t17-,18?/m1/s1. The molecule has 2 atom stereocenters. The highest BCUT2D eigenvalue weighted by Gasteiger charge is 2.25. The third kappa shape index (κ3) is 9.71. The molecule has 0 saturated heterocycles. The largest absolute Gasteiger partial charge is 0.345 e. The normalized spacial score (nSPS) is 14.5. The van der Waals surface area contributed by atoms with Crippen molar-refractivity contribution >= 4 is 35.6 Å². The third-order valence-electron chi connectivity index (χ3n) is 3.38. The molecule has 0 spiro atoms. The van der Waals surface area contributed by atoms with Gasteiger partial charge in [-0.25, -0.2) is 4.99 Å². The van der Waals surface area contributed by atoms with Gasteiger partial charge in [-0.2, -0.15) is 11.8 Å². The van der Waals surface area contributed by atoms with E-state index in [0.29, 0.717) is 12.4 Å². The van der Waals surface area contributed by atoms with E-state index >= 15 is 0 Å². The lowest BCUT2D eigenvalue weighted by Crippen LogP contribution is -2.48. The molecule has 1 amide bonds. The number of aliphatic imine (C=N–C) groups is 1. The molecule has 0 fully saturated rings. The summed E-state index contributed by atoms with van der Waals surface area (Å²) in [7, 11) is 5.60. The molecule has 0 radical (unpaired) electrons. The number of likely N-dealkylation sites (N-methyl/N-ethyl adjacent to an activating group) is 1. The maximum absolute atomic E-state index is 12.5. The van der Waals surface area contributed by atoms with Crippen LogP contribution in [0.4, 0.5) is 0 Å². The second-order valence-electron chi connectivity index (χ2n) is 5.92. The number of rotatable bonds is 11. The molecule has 1 unspecified atom stereocenters. The van der Waals surface area contributed by atoms with E-state index in [9.17, 15) is 4.79 Å². The molecule has 1 N–H and O–H groups in total.